The highest BCUT2D eigenvalue weighted by atomic mass is 16.5. The largest absolute Gasteiger partial charge is 0.427 e. The first-order chi connectivity index (χ1) is 13.9. The highest BCUT2D eigenvalue weighted by Crippen LogP contribution is 2.17. The lowest BCUT2D eigenvalue weighted by molar-refractivity contribution is -0.131. The Hall–Kier alpha value is -4.27. The summed E-state index contributed by atoms with van der Waals surface area (Å²) < 4.78 is 4.97. The van der Waals surface area contributed by atoms with E-state index in [0.717, 1.165) is 0 Å². The summed E-state index contributed by atoms with van der Waals surface area (Å²) in [6.07, 6.45) is 0. The number of H-pyrrole nitrogens is 1. The Morgan fingerprint density at radius 3 is 2.14 bits per heavy atom. The van der Waals surface area contributed by atoms with Gasteiger partial charge in [-0.1, -0.05) is 6.07 Å². The molecule has 9 nitrogen and oxygen atoms in total. The molecule has 2 aromatic carbocycles. The number of esters is 1. The van der Waals surface area contributed by atoms with Gasteiger partial charge >= 0.3 is 5.97 Å². The molecule has 0 aliphatic carbocycles. The van der Waals surface area contributed by atoms with Crippen molar-refractivity contribution in [2.45, 2.75) is 6.92 Å². The number of hydrogen-bond acceptors (Lipinski definition) is 6. The predicted molar refractivity (Wildman–Crippen MR) is 105 cm³/mol. The maximum absolute atomic E-state index is 12.4. The average Bonchev–Trinajstić information content (AvgIpc) is 2.69. The number of nitrogens with zero attached hydrogens (tertiary/aromatic N) is 1. The van der Waals surface area contributed by atoms with E-state index in [9.17, 15) is 19.2 Å². The summed E-state index contributed by atoms with van der Waals surface area (Å²) in [6.45, 7) is 1.28. The molecule has 0 aliphatic heterocycles. The summed E-state index contributed by atoms with van der Waals surface area (Å²) in [5.41, 5.74) is 0.978. The minimum Gasteiger partial charge on any atom is -0.427 e. The molecule has 1 heterocycles. The zero-order chi connectivity index (χ0) is 20.8. The van der Waals surface area contributed by atoms with E-state index in [2.05, 4.69) is 20.8 Å². The second-order valence-corrected chi connectivity index (χ2v) is 5.91. The fraction of sp³-hybridized carbons (Fsp3) is 0.0500. The number of hydrogen-bond donors (Lipinski definition) is 3. The van der Waals surface area contributed by atoms with Gasteiger partial charge in [0.05, 0.1) is 0 Å². The molecule has 0 atom stereocenters. The molecule has 29 heavy (non-hydrogen) atoms. The van der Waals surface area contributed by atoms with Gasteiger partial charge < -0.3 is 15.4 Å². The van der Waals surface area contributed by atoms with Crippen molar-refractivity contribution in [2.75, 3.05) is 10.6 Å². The summed E-state index contributed by atoms with van der Waals surface area (Å²) in [5, 5.41) is 11.2. The van der Waals surface area contributed by atoms with Gasteiger partial charge in [0.2, 0.25) is 0 Å². The molecule has 1 aromatic heterocycles. The maximum Gasteiger partial charge on any atom is 0.308 e. The molecule has 0 bridgehead atoms. The Kier molecular flexibility index (Phi) is 5.79. The number of nitrogens with one attached hydrogen (secondary N) is 3. The first-order valence-corrected chi connectivity index (χ1v) is 8.48. The minimum absolute atomic E-state index is 0.0645. The van der Waals surface area contributed by atoms with Crippen molar-refractivity contribution >= 4 is 29.2 Å². The van der Waals surface area contributed by atoms with Gasteiger partial charge in [0.15, 0.2) is 0 Å². The van der Waals surface area contributed by atoms with Crippen LogP contribution in [0.4, 0.5) is 11.4 Å². The SMILES string of the molecule is CC(=O)Oc1cccc(C(=O)Nc2ccc(NC(=O)c3ccc(=O)[nH]n3)cc2)c1. The number of rotatable bonds is 5. The number of aromatic nitrogens is 2. The standard InChI is InChI=1S/C20H16N4O5/c1-12(25)29-16-4-2-3-13(11-16)19(27)21-14-5-7-15(8-6-14)22-20(28)17-9-10-18(26)24-23-17/h2-11H,1H3,(H,21,27)(H,22,28)(H,24,26). The number of anilines is 2. The molecule has 0 saturated heterocycles. The molecule has 0 fully saturated rings. The van der Waals surface area contributed by atoms with E-state index in [1.807, 2.05) is 0 Å². The predicted octanol–water partition coefficient (Wildman–Crippen LogP) is 2.20. The second-order valence-electron chi connectivity index (χ2n) is 5.91. The van der Waals surface area contributed by atoms with E-state index in [-0.39, 0.29) is 17.4 Å². The smallest absolute Gasteiger partial charge is 0.308 e. The zero-order valence-electron chi connectivity index (χ0n) is 15.3. The first kappa shape index (κ1) is 19.5. The van der Waals surface area contributed by atoms with E-state index >= 15 is 0 Å². The van der Waals surface area contributed by atoms with Crippen LogP contribution < -0.4 is 20.9 Å². The average molecular weight is 392 g/mol. The Balaban J connectivity index is 1.63. The third-order valence-corrected chi connectivity index (χ3v) is 3.67. The van der Waals surface area contributed by atoms with Crippen molar-refractivity contribution in [3.63, 3.8) is 0 Å². The third kappa shape index (κ3) is 5.36. The molecule has 0 spiro atoms. The normalized spacial score (nSPS) is 10.1. The van der Waals surface area contributed by atoms with Crippen LogP contribution in [-0.2, 0) is 4.79 Å². The number of benzene rings is 2. The Bertz CT molecular complexity index is 1100. The van der Waals surface area contributed by atoms with Gasteiger partial charge in [-0.3, -0.25) is 19.2 Å². The van der Waals surface area contributed by atoms with E-state index in [1.165, 1.54) is 25.1 Å². The third-order valence-electron chi connectivity index (χ3n) is 3.67. The van der Waals surface area contributed by atoms with Gasteiger partial charge in [-0.2, -0.15) is 5.10 Å². The van der Waals surface area contributed by atoms with Gasteiger partial charge in [-0.05, 0) is 48.5 Å². The van der Waals surface area contributed by atoms with Crippen LogP contribution in [0.5, 0.6) is 5.75 Å². The molecule has 9 heteroatoms. The summed E-state index contributed by atoms with van der Waals surface area (Å²) in [7, 11) is 0. The van der Waals surface area contributed by atoms with Crippen molar-refractivity contribution in [3.8, 4) is 5.75 Å². The number of amides is 2. The first-order valence-electron chi connectivity index (χ1n) is 8.48. The molecular weight excluding hydrogens is 376 g/mol. The van der Waals surface area contributed by atoms with Gasteiger partial charge in [0.25, 0.3) is 17.4 Å². The molecule has 0 saturated carbocycles. The summed E-state index contributed by atoms with van der Waals surface area (Å²) in [5.74, 6) is -1.06. The summed E-state index contributed by atoms with van der Waals surface area (Å²) in [4.78, 5) is 46.5. The lowest BCUT2D eigenvalue weighted by Gasteiger charge is -2.08. The van der Waals surface area contributed by atoms with Crippen molar-refractivity contribution < 1.29 is 19.1 Å². The van der Waals surface area contributed by atoms with Crippen molar-refractivity contribution in [3.05, 3.63) is 82.3 Å². The van der Waals surface area contributed by atoms with Crippen LogP contribution in [0.2, 0.25) is 0 Å². The van der Waals surface area contributed by atoms with Crippen LogP contribution in [0, 0.1) is 0 Å². The molecule has 3 N–H and O–H groups in total. The Morgan fingerprint density at radius 1 is 0.897 bits per heavy atom. The van der Waals surface area contributed by atoms with E-state index in [1.54, 1.807) is 42.5 Å². The van der Waals surface area contributed by atoms with Crippen LogP contribution in [0.15, 0.2) is 65.5 Å². The van der Waals surface area contributed by atoms with Crippen molar-refractivity contribution in [2.24, 2.45) is 0 Å². The van der Waals surface area contributed by atoms with Gasteiger partial charge in [-0.15, -0.1) is 0 Å². The zero-order valence-corrected chi connectivity index (χ0v) is 15.3. The minimum atomic E-state index is -0.486. The number of aromatic amines is 1. The van der Waals surface area contributed by atoms with E-state index in [0.29, 0.717) is 16.9 Å². The second kappa shape index (κ2) is 8.61. The fourth-order valence-electron chi connectivity index (χ4n) is 2.37. The summed E-state index contributed by atoms with van der Waals surface area (Å²) >= 11 is 0. The van der Waals surface area contributed by atoms with Crippen LogP contribution in [0.25, 0.3) is 0 Å². The Morgan fingerprint density at radius 2 is 1.55 bits per heavy atom. The molecule has 0 unspecified atom stereocenters. The summed E-state index contributed by atoms with van der Waals surface area (Å²) in [6, 6.07) is 15.2. The maximum atomic E-state index is 12.4. The molecule has 0 aliphatic rings. The van der Waals surface area contributed by atoms with Crippen molar-refractivity contribution in [1.82, 2.24) is 10.2 Å². The monoisotopic (exact) mass is 392 g/mol. The van der Waals surface area contributed by atoms with Gasteiger partial charge in [0.1, 0.15) is 11.4 Å². The van der Waals surface area contributed by atoms with Crippen molar-refractivity contribution in [1.29, 1.82) is 0 Å². The van der Waals surface area contributed by atoms with Crippen LogP contribution in [0.1, 0.15) is 27.8 Å². The Labute approximate surface area is 164 Å². The highest BCUT2D eigenvalue weighted by molar-refractivity contribution is 6.05. The van der Waals surface area contributed by atoms with Crippen LogP contribution in [0.3, 0.4) is 0 Å². The van der Waals surface area contributed by atoms with E-state index < -0.39 is 17.4 Å². The fourth-order valence-corrected chi connectivity index (χ4v) is 2.37. The molecule has 2 amide bonds. The number of carbonyl (C=O) groups is 3. The van der Waals surface area contributed by atoms with Gasteiger partial charge in [-0.25, -0.2) is 5.10 Å². The molecule has 0 radical (unpaired) electrons. The highest BCUT2D eigenvalue weighted by Gasteiger charge is 2.10. The lowest BCUT2D eigenvalue weighted by Crippen LogP contribution is -2.17. The van der Waals surface area contributed by atoms with Crippen LogP contribution in [-0.4, -0.2) is 28.0 Å². The molecule has 3 aromatic rings. The van der Waals surface area contributed by atoms with E-state index in [4.69, 9.17) is 4.74 Å². The quantitative estimate of drug-likeness (QED) is 0.451. The topological polar surface area (TPSA) is 130 Å². The van der Waals surface area contributed by atoms with Crippen LogP contribution >= 0.6 is 0 Å². The molecular formula is C20H16N4O5. The number of carbonyl (C=O) groups excluding carboxylic acids is 3. The molecule has 146 valence electrons. The van der Waals surface area contributed by atoms with Gasteiger partial charge in [0, 0.05) is 29.9 Å². The number of ether oxygens (including phenoxy) is 1. The lowest BCUT2D eigenvalue weighted by atomic mass is 10.2. The molecule has 3 rings (SSSR count).